The number of hydrazone groups is 2. The van der Waals surface area contributed by atoms with Crippen molar-refractivity contribution >= 4 is 11.4 Å². The van der Waals surface area contributed by atoms with Gasteiger partial charge in [-0.3, -0.25) is 5.01 Å². The first-order chi connectivity index (χ1) is 8.90. The molecule has 4 heteroatoms. The maximum absolute atomic E-state index is 4.67. The lowest BCUT2D eigenvalue weighted by atomic mass is 10.1. The van der Waals surface area contributed by atoms with Crippen molar-refractivity contribution in [2.24, 2.45) is 10.2 Å². The van der Waals surface area contributed by atoms with Gasteiger partial charge in [-0.05, 0) is 65.8 Å². The fourth-order valence-corrected chi connectivity index (χ4v) is 1.76. The third-order valence-corrected chi connectivity index (χ3v) is 2.59. The van der Waals surface area contributed by atoms with Gasteiger partial charge < -0.3 is 5.43 Å². The molecule has 0 fully saturated rings. The SMILES string of the molecule is CC(C)NN=C1C=CC(=NN(C(C)C)C(C)C)C=C1. The van der Waals surface area contributed by atoms with Crippen molar-refractivity contribution in [3.05, 3.63) is 24.3 Å². The van der Waals surface area contributed by atoms with E-state index in [1.54, 1.807) is 0 Å². The first kappa shape index (κ1) is 15.5. The first-order valence-corrected chi connectivity index (χ1v) is 6.96. The molecule has 1 N–H and O–H groups in total. The van der Waals surface area contributed by atoms with E-state index >= 15 is 0 Å². The van der Waals surface area contributed by atoms with Gasteiger partial charge in [0.05, 0.1) is 11.4 Å². The highest BCUT2D eigenvalue weighted by atomic mass is 15.5. The van der Waals surface area contributed by atoms with Crippen molar-refractivity contribution in [2.75, 3.05) is 0 Å². The Labute approximate surface area is 117 Å². The zero-order chi connectivity index (χ0) is 14.4. The molecule has 0 bridgehead atoms. The summed E-state index contributed by atoms with van der Waals surface area (Å²) in [6.07, 6.45) is 7.96. The van der Waals surface area contributed by atoms with Crippen LogP contribution < -0.4 is 5.43 Å². The zero-order valence-electron chi connectivity index (χ0n) is 12.9. The Morgan fingerprint density at radius 3 is 1.74 bits per heavy atom. The molecule has 1 aliphatic rings. The first-order valence-electron chi connectivity index (χ1n) is 6.96. The highest BCUT2D eigenvalue weighted by Crippen LogP contribution is 2.08. The van der Waals surface area contributed by atoms with E-state index in [-0.39, 0.29) is 0 Å². The fraction of sp³-hybridized carbons (Fsp3) is 0.600. The predicted molar refractivity (Wildman–Crippen MR) is 83.5 cm³/mol. The molecule has 0 aromatic carbocycles. The van der Waals surface area contributed by atoms with Crippen LogP contribution in [0, 0.1) is 0 Å². The Hall–Kier alpha value is -1.58. The molecule has 0 spiro atoms. The second-order valence-electron chi connectivity index (χ2n) is 5.58. The van der Waals surface area contributed by atoms with E-state index in [0.29, 0.717) is 18.1 Å². The van der Waals surface area contributed by atoms with Gasteiger partial charge in [-0.2, -0.15) is 10.2 Å². The van der Waals surface area contributed by atoms with Gasteiger partial charge in [0.25, 0.3) is 0 Å². The van der Waals surface area contributed by atoms with Crippen LogP contribution in [0.4, 0.5) is 0 Å². The van der Waals surface area contributed by atoms with E-state index in [1.807, 2.05) is 24.3 Å². The molecule has 0 unspecified atom stereocenters. The minimum atomic E-state index is 0.349. The van der Waals surface area contributed by atoms with Crippen LogP contribution in [0.15, 0.2) is 34.5 Å². The van der Waals surface area contributed by atoms with Crippen LogP contribution in [0.1, 0.15) is 41.5 Å². The molecule has 0 atom stereocenters. The van der Waals surface area contributed by atoms with E-state index < -0.39 is 0 Å². The summed E-state index contributed by atoms with van der Waals surface area (Å²) in [4.78, 5) is 0. The molecule has 0 amide bonds. The molecule has 0 heterocycles. The summed E-state index contributed by atoms with van der Waals surface area (Å²) in [5.74, 6) is 0. The molecule has 0 aromatic heterocycles. The monoisotopic (exact) mass is 262 g/mol. The summed E-state index contributed by atoms with van der Waals surface area (Å²) in [5.41, 5.74) is 4.93. The molecule has 1 rings (SSSR count). The van der Waals surface area contributed by atoms with Gasteiger partial charge in [0.2, 0.25) is 0 Å². The number of rotatable bonds is 5. The van der Waals surface area contributed by atoms with Crippen LogP contribution in [-0.4, -0.2) is 34.6 Å². The Morgan fingerprint density at radius 2 is 1.32 bits per heavy atom. The summed E-state index contributed by atoms with van der Waals surface area (Å²) in [6, 6.07) is 1.14. The van der Waals surface area contributed by atoms with Crippen molar-refractivity contribution < 1.29 is 0 Å². The topological polar surface area (TPSA) is 40.0 Å². The number of hydrogen-bond acceptors (Lipinski definition) is 4. The molecular formula is C15H26N4. The van der Waals surface area contributed by atoms with Crippen molar-refractivity contribution in [3.8, 4) is 0 Å². The van der Waals surface area contributed by atoms with Crippen LogP contribution >= 0.6 is 0 Å². The zero-order valence-corrected chi connectivity index (χ0v) is 12.9. The van der Waals surface area contributed by atoms with Gasteiger partial charge in [-0.1, -0.05) is 0 Å². The standard InChI is InChI=1S/C15H26N4/c1-11(2)16-17-14-7-9-15(10-8-14)18-19(12(3)4)13(5)6/h7-13,16H,1-6H3. The Balaban J connectivity index is 2.73. The van der Waals surface area contributed by atoms with Gasteiger partial charge in [-0.15, -0.1) is 0 Å². The largest absolute Gasteiger partial charge is 0.307 e. The van der Waals surface area contributed by atoms with E-state index in [4.69, 9.17) is 0 Å². The average molecular weight is 262 g/mol. The number of nitrogens with zero attached hydrogens (tertiary/aromatic N) is 3. The third-order valence-electron chi connectivity index (χ3n) is 2.59. The number of nitrogens with one attached hydrogen (secondary N) is 1. The second-order valence-corrected chi connectivity index (χ2v) is 5.58. The third kappa shape index (κ3) is 5.28. The summed E-state index contributed by atoms with van der Waals surface area (Å²) < 4.78 is 0. The lowest BCUT2D eigenvalue weighted by Gasteiger charge is -2.28. The molecule has 0 aromatic rings. The molecule has 1 aliphatic carbocycles. The van der Waals surface area contributed by atoms with Crippen molar-refractivity contribution in [1.82, 2.24) is 10.4 Å². The van der Waals surface area contributed by atoms with Crippen molar-refractivity contribution in [1.29, 1.82) is 0 Å². The van der Waals surface area contributed by atoms with E-state index in [0.717, 1.165) is 11.4 Å². The highest BCUT2D eigenvalue weighted by molar-refractivity contribution is 6.18. The number of hydrogen-bond donors (Lipinski definition) is 1. The van der Waals surface area contributed by atoms with Crippen LogP contribution in [0.5, 0.6) is 0 Å². The maximum atomic E-state index is 4.67. The van der Waals surface area contributed by atoms with E-state index in [9.17, 15) is 0 Å². The van der Waals surface area contributed by atoms with Gasteiger partial charge in [-0.25, -0.2) is 0 Å². The predicted octanol–water partition coefficient (Wildman–Crippen LogP) is 2.94. The van der Waals surface area contributed by atoms with Crippen LogP contribution in [0.2, 0.25) is 0 Å². The summed E-state index contributed by atoms with van der Waals surface area (Å²) in [5, 5.41) is 11.1. The van der Waals surface area contributed by atoms with Crippen molar-refractivity contribution in [2.45, 2.75) is 59.7 Å². The minimum Gasteiger partial charge on any atom is -0.307 e. The normalized spacial score (nSPS) is 14.6. The minimum absolute atomic E-state index is 0.349. The lowest BCUT2D eigenvalue weighted by Crippen LogP contribution is -2.33. The van der Waals surface area contributed by atoms with Gasteiger partial charge in [0.15, 0.2) is 0 Å². The molecule has 0 radical (unpaired) electrons. The average Bonchev–Trinajstić information content (AvgIpc) is 2.34. The molecule has 0 saturated carbocycles. The van der Waals surface area contributed by atoms with E-state index in [1.165, 1.54) is 0 Å². The molecule has 19 heavy (non-hydrogen) atoms. The summed E-state index contributed by atoms with van der Waals surface area (Å²) in [6.45, 7) is 12.7. The maximum Gasteiger partial charge on any atom is 0.0833 e. The second kappa shape index (κ2) is 7.12. The Morgan fingerprint density at radius 1 is 0.842 bits per heavy atom. The lowest BCUT2D eigenvalue weighted by molar-refractivity contribution is 0.184. The Kier molecular flexibility index (Phi) is 5.80. The highest BCUT2D eigenvalue weighted by Gasteiger charge is 2.11. The molecular weight excluding hydrogens is 236 g/mol. The molecule has 4 nitrogen and oxygen atoms in total. The quantitative estimate of drug-likeness (QED) is 0.611. The van der Waals surface area contributed by atoms with Crippen LogP contribution in [0.25, 0.3) is 0 Å². The van der Waals surface area contributed by atoms with Gasteiger partial charge >= 0.3 is 0 Å². The smallest absolute Gasteiger partial charge is 0.0833 e. The van der Waals surface area contributed by atoms with Gasteiger partial charge in [0, 0.05) is 18.1 Å². The molecule has 0 aliphatic heterocycles. The van der Waals surface area contributed by atoms with Crippen LogP contribution in [-0.2, 0) is 0 Å². The van der Waals surface area contributed by atoms with Crippen molar-refractivity contribution in [3.63, 3.8) is 0 Å². The summed E-state index contributed by atoms with van der Waals surface area (Å²) in [7, 11) is 0. The molecule has 106 valence electrons. The Bertz CT molecular complexity index is 374. The van der Waals surface area contributed by atoms with E-state index in [2.05, 4.69) is 62.2 Å². The number of allylic oxidation sites excluding steroid dienone is 4. The fourth-order valence-electron chi connectivity index (χ4n) is 1.76. The van der Waals surface area contributed by atoms with Gasteiger partial charge in [0.1, 0.15) is 0 Å². The molecule has 0 saturated heterocycles. The van der Waals surface area contributed by atoms with Crippen LogP contribution in [0.3, 0.4) is 0 Å². The summed E-state index contributed by atoms with van der Waals surface area (Å²) >= 11 is 0.